The summed E-state index contributed by atoms with van der Waals surface area (Å²) >= 11 is 0. The third kappa shape index (κ3) is 3.51. The summed E-state index contributed by atoms with van der Waals surface area (Å²) in [7, 11) is 0. The van der Waals surface area contributed by atoms with Gasteiger partial charge >= 0.3 is 12.1 Å². The van der Waals surface area contributed by atoms with E-state index in [9.17, 15) is 18.3 Å². The van der Waals surface area contributed by atoms with Gasteiger partial charge in [0.2, 0.25) is 0 Å². The van der Waals surface area contributed by atoms with E-state index in [2.05, 4.69) is 19.9 Å². The minimum atomic E-state index is -5.08. The Bertz CT molecular complexity index is 689. The summed E-state index contributed by atoms with van der Waals surface area (Å²) in [5, 5.41) is 25.5. The quantitative estimate of drug-likeness (QED) is 0.502. The second kappa shape index (κ2) is 7.15. The minimum Gasteiger partial charge on any atom is -0.475 e. The Morgan fingerprint density at radius 1 is 1.14 bits per heavy atom. The molecule has 4 aliphatic carbocycles. The van der Waals surface area contributed by atoms with Crippen molar-refractivity contribution in [2.75, 3.05) is 0 Å². The molecule has 0 heterocycles. The smallest absolute Gasteiger partial charge is 0.475 e. The fraction of sp³-hybridized carbons (Fsp3) is 0.810. The zero-order valence-electron chi connectivity index (χ0n) is 16.5. The molecule has 4 nitrogen and oxygen atoms in total. The van der Waals surface area contributed by atoms with Gasteiger partial charge in [-0.25, -0.2) is 4.79 Å². The first-order valence-corrected chi connectivity index (χ1v) is 10.1. The number of rotatable bonds is 0. The number of nitrogens with one attached hydrogen (secondary N) is 1. The second-order valence-corrected chi connectivity index (χ2v) is 9.43. The van der Waals surface area contributed by atoms with E-state index < -0.39 is 12.1 Å². The first-order valence-electron chi connectivity index (χ1n) is 10.1. The fourth-order valence-electron chi connectivity index (χ4n) is 6.45. The molecule has 4 rings (SSSR count). The van der Waals surface area contributed by atoms with Crippen LogP contribution in [0, 0.1) is 34.0 Å². The van der Waals surface area contributed by atoms with Crippen molar-refractivity contribution in [3.63, 3.8) is 0 Å². The zero-order chi connectivity index (χ0) is 20.9. The predicted octanol–water partition coefficient (Wildman–Crippen LogP) is 4.96. The Hall–Kier alpha value is -1.37. The maximum Gasteiger partial charge on any atom is 0.490 e. The predicted molar refractivity (Wildman–Crippen MR) is 99.1 cm³/mol. The van der Waals surface area contributed by atoms with Crippen LogP contribution in [0.4, 0.5) is 13.2 Å². The second-order valence-electron chi connectivity index (χ2n) is 9.43. The normalized spacial score (nSPS) is 42.4. The highest BCUT2D eigenvalue weighted by atomic mass is 19.4. The number of halogens is 3. The Balaban J connectivity index is 0.000000279. The number of hydrogen-bond donors (Lipinski definition) is 3. The van der Waals surface area contributed by atoms with Crippen LogP contribution in [-0.4, -0.2) is 34.2 Å². The summed E-state index contributed by atoms with van der Waals surface area (Å²) in [5.41, 5.74) is 3.13. The SMILES string of the molecule is C[C@]12CC[C@H](O)CC1=CC[C@@H]1[C@@H]2CC[C@]2(C)C(=N)CC[C@@H]12.O=C(O)C(F)(F)F. The zero-order valence-corrected chi connectivity index (χ0v) is 16.5. The lowest BCUT2D eigenvalue weighted by Crippen LogP contribution is -2.50. The van der Waals surface area contributed by atoms with Gasteiger partial charge in [0.15, 0.2) is 0 Å². The van der Waals surface area contributed by atoms with Crippen LogP contribution in [0.1, 0.15) is 65.2 Å². The third-order valence-corrected chi connectivity index (χ3v) is 8.10. The molecule has 0 aliphatic heterocycles. The van der Waals surface area contributed by atoms with E-state index in [1.807, 2.05) is 0 Å². The number of alkyl halides is 3. The molecule has 0 radical (unpaired) electrons. The molecule has 0 spiro atoms. The Morgan fingerprint density at radius 2 is 1.71 bits per heavy atom. The number of carboxylic acid groups (broad SMARTS) is 1. The molecule has 3 N–H and O–H groups in total. The lowest BCUT2D eigenvalue weighted by Gasteiger charge is -2.57. The first kappa shape index (κ1) is 21.3. The van der Waals surface area contributed by atoms with Crippen LogP contribution in [0.5, 0.6) is 0 Å². The molecule has 7 heteroatoms. The van der Waals surface area contributed by atoms with Crippen LogP contribution < -0.4 is 0 Å². The first-order chi connectivity index (χ1) is 12.9. The number of carbonyl (C=O) groups is 1. The van der Waals surface area contributed by atoms with Crippen LogP contribution in [0.25, 0.3) is 0 Å². The lowest BCUT2D eigenvalue weighted by molar-refractivity contribution is -0.192. The summed E-state index contributed by atoms with van der Waals surface area (Å²) in [5.74, 6) is -0.428. The number of aliphatic hydroxyl groups is 1. The topological polar surface area (TPSA) is 81.4 Å². The van der Waals surface area contributed by atoms with Gasteiger partial charge in [-0.3, -0.25) is 0 Å². The summed E-state index contributed by atoms with van der Waals surface area (Å²) in [6.45, 7) is 4.85. The van der Waals surface area contributed by atoms with Crippen molar-refractivity contribution in [2.45, 2.75) is 77.5 Å². The van der Waals surface area contributed by atoms with Crippen molar-refractivity contribution in [1.29, 1.82) is 5.41 Å². The molecule has 0 aromatic rings. The van der Waals surface area contributed by atoms with E-state index in [1.54, 1.807) is 5.57 Å². The highest BCUT2D eigenvalue weighted by Gasteiger charge is 2.57. The van der Waals surface area contributed by atoms with Gasteiger partial charge in [-0.05, 0) is 74.5 Å². The van der Waals surface area contributed by atoms with Crippen molar-refractivity contribution < 1.29 is 28.2 Å². The molecule has 3 fully saturated rings. The van der Waals surface area contributed by atoms with Crippen molar-refractivity contribution in [2.24, 2.45) is 28.6 Å². The maximum absolute atomic E-state index is 10.6. The average Bonchev–Trinajstić information content (AvgIpc) is 2.90. The minimum absolute atomic E-state index is 0.102. The van der Waals surface area contributed by atoms with E-state index in [4.69, 9.17) is 15.3 Å². The number of aliphatic carboxylic acids is 1. The summed E-state index contributed by atoms with van der Waals surface area (Å²) in [6.07, 6.45) is 6.37. The molecule has 0 amide bonds. The largest absolute Gasteiger partial charge is 0.490 e. The van der Waals surface area contributed by atoms with Crippen molar-refractivity contribution >= 4 is 11.7 Å². The van der Waals surface area contributed by atoms with Crippen LogP contribution in [0.3, 0.4) is 0 Å². The molecule has 6 atom stereocenters. The molecule has 158 valence electrons. The van der Waals surface area contributed by atoms with Crippen molar-refractivity contribution in [1.82, 2.24) is 0 Å². The molecular weight excluding hydrogens is 371 g/mol. The van der Waals surface area contributed by atoms with Gasteiger partial charge in [0.05, 0.1) is 6.10 Å². The molecule has 28 heavy (non-hydrogen) atoms. The van der Waals surface area contributed by atoms with Crippen LogP contribution in [-0.2, 0) is 4.79 Å². The number of allylic oxidation sites excluding steroid dienone is 1. The van der Waals surface area contributed by atoms with Gasteiger partial charge in [0.25, 0.3) is 0 Å². The average molecular weight is 401 g/mol. The van der Waals surface area contributed by atoms with Crippen LogP contribution in [0.2, 0.25) is 0 Å². The van der Waals surface area contributed by atoms with Crippen LogP contribution >= 0.6 is 0 Å². The number of aliphatic hydroxyl groups excluding tert-OH is 1. The van der Waals surface area contributed by atoms with Crippen molar-refractivity contribution in [3.05, 3.63) is 11.6 Å². The molecular formula is C21H30F3NO3. The summed E-state index contributed by atoms with van der Waals surface area (Å²) in [6, 6.07) is 0. The van der Waals surface area contributed by atoms with E-state index in [1.165, 1.54) is 32.1 Å². The molecule has 0 saturated heterocycles. The third-order valence-electron chi connectivity index (χ3n) is 8.10. The van der Waals surface area contributed by atoms with E-state index in [0.717, 1.165) is 42.7 Å². The molecule has 0 bridgehead atoms. The van der Waals surface area contributed by atoms with E-state index >= 15 is 0 Å². The number of hydrogen-bond acceptors (Lipinski definition) is 3. The van der Waals surface area contributed by atoms with Gasteiger partial charge in [-0.1, -0.05) is 25.5 Å². The van der Waals surface area contributed by atoms with Crippen LogP contribution in [0.15, 0.2) is 11.6 Å². The maximum atomic E-state index is 10.6. The highest BCUT2D eigenvalue weighted by molar-refractivity contribution is 5.89. The summed E-state index contributed by atoms with van der Waals surface area (Å²) < 4.78 is 31.7. The lowest BCUT2D eigenvalue weighted by atomic mass is 9.48. The van der Waals surface area contributed by atoms with Crippen molar-refractivity contribution in [3.8, 4) is 0 Å². The number of fused-ring (bicyclic) bond motifs is 5. The van der Waals surface area contributed by atoms with Gasteiger partial charge in [0.1, 0.15) is 0 Å². The van der Waals surface area contributed by atoms with E-state index in [0.29, 0.717) is 5.41 Å². The molecule has 0 aromatic heterocycles. The molecule has 4 aliphatic rings. The van der Waals surface area contributed by atoms with E-state index in [-0.39, 0.29) is 11.5 Å². The monoisotopic (exact) mass is 401 g/mol. The molecule has 0 aromatic carbocycles. The van der Waals surface area contributed by atoms with Gasteiger partial charge in [0, 0.05) is 11.1 Å². The fourth-order valence-corrected chi connectivity index (χ4v) is 6.45. The highest BCUT2D eigenvalue weighted by Crippen LogP contribution is 2.63. The Labute approximate surface area is 163 Å². The van der Waals surface area contributed by atoms with Gasteiger partial charge in [-0.15, -0.1) is 0 Å². The summed E-state index contributed by atoms with van der Waals surface area (Å²) in [4.78, 5) is 8.90. The molecule has 3 saturated carbocycles. The standard InChI is InChI=1S/C19H29NO.C2HF3O2/c1-18-9-7-13(21)11-12(18)3-4-14-15-5-6-17(20)19(15,2)10-8-16(14)18;3-2(4,5)1(6)7/h3,13-16,20-21H,4-11H2,1-2H3;(H,6,7)/t13-,14-,15-,16-,18-,19-;/m0./s1. The van der Waals surface area contributed by atoms with Gasteiger partial charge in [-0.2, -0.15) is 13.2 Å². The Morgan fingerprint density at radius 3 is 2.32 bits per heavy atom. The molecule has 0 unspecified atom stereocenters. The number of carboxylic acids is 1. The Kier molecular flexibility index (Phi) is 5.45. The van der Waals surface area contributed by atoms with Gasteiger partial charge < -0.3 is 15.6 Å².